The first-order valence-corrected chi connectivity index (χ1v) is 7.40. The number of hydrogen-bond donors (Lipinski definition) is 1. The van der Waals surface area contributed by atoms with Crippen LogP contribution in [0.1, 0.15) is 35.8 Å². The predicted molar refractivity (Wildman–Crippen MR) is 82.1 cm³/mol. The monoisotopic (exact) mass is 289 g/mol. The van der Waals surface area contributed by atoms with E-state index >= 15 is 0 Å². The Balaban J connectivity index is 0.000000361. The fraction of sp³-hybridized carbons (Fsp3) is 0.500. The summed E-state index contributed by atoms with van der Waals surface area (Å²) >= 11 is 0. The van der Waals surface area contributed by atoms with Gasteiger partial charge in [-0.2, -0.15) is 0 Å². The predicted octanol–water partition coefficient (Wildman–Crippen LogP) is 1.27. The SMILES string of the molecule is CC(=O)N1CCN2C(=O)c3ccccc3C2C1.CCNC. The third-order valence-corrected chi connectivity index (χ3v) is 3.99. The molecule has 1 aromatic carbocycles. The van der Waals surface area contributed by atoms with E-state index in [0.717, 1.165) is 17.7 Å². The summed E-state index contributed by atoms with van der Waals surface area (Å²) in [6.07, 6.45) is 0. The van der Waals surface area contributed by atoms with Crippen LogP contribution in [0.25, 0.3) is 0 Å². The molecule has 2 aliphatic rings. The highest BCUT2D eigenvalue weighted by molar-refractivity contribution is 5.99. The first kappa shape index (κ1) is 15.5. The largest absolute Gasteiger partial charge is 0.339 e. The summed E-state index contributed by atoms with van der Waals surface area (Å²) in [6, 6.07) is 7.74. The molecule has 21 heavy (non-hydrogen) atoms. The molecular formula is C16H23N3O2. The van der Waals surface area contributed by atoms with Gasteiger partial charge >= 0.3 is 0 Å². The molecule has 0 aromatic heterocycles. The van der Waals surface area contributed by atoms with Crippen molar-refractivity contribution in [2.75, 3.05) is 33.2 Å². The second-order valence-corrected chi connectivity index (χ2v) is 5.27. The van der Waals surface area contributed by atoms with Crippen molar-refractivity contribution in [1.29, 1.82) is 0 Å². The van der Waals surface area contributed by atoms with Crippen LogP contribution in [-0.2, 0) is 4.79 Å². The summed E-state index contributed by atoms with van der Waals surface area (Å²) < 4.78 is 0. The molecule has 0 bridgehead atoms. The Labute approximate surface area is 125 Å². The molecule has 1 aromatic rings. The first-order chi connectivity index (χ1) is 10.1. The minimum Gasteiger partial charge on any atom is -0.339 e. The molecule has 1 unspecified atom stereocenters. The van der Waals surface area contributed by atoms with Gasteiger partial charge in [0.15, 0.2) is 0 Å². The van der Waals surface area contributed by atoms with Crippen LogP contribution in [0.4, 0.5) is 0 Å². The van der Waals surface area contributed by atoms with E-state index in [1.165, 1.54) is 0 Å². The lowest BCUT2D eigenvalue weighted by atomic mass is 10.0. The summed E-state index contributed by atoms with van der Waals surface area (Å²) in [5, 5.41) is 2.93. The van der Waals surface area contributed by atoms with E-state index in [1.54, 1.807) is 6.92 Å². The molecule has 2 aliphatic heterocycles. The molecule has 2 heterocycles. The normalized spacial score (nSPS) is 19.6. The number of nitrogens with one attached hydrogen (secondary N) is 1. The molecule has 5 heteroatoms. The van der Waals surface area contributed by atoms with Gasteiger partial charge in [0.05, 0.1) is 6.04 Å². The Morgan fingerprint density at radius 3 is 2.62 bits per heavy atom. The van der Waals surface area contributed by atoms with Gasteiger partial charge in [0.2, 0.25) is 5.91 Å². The van der Waals surface area contributed by atoms with Crippen LogP contribution in [0.3, 0.4) is 0 Å². The third kappa shape index (κ3) is 3.08. The van der Waals surface area contributed by atoms with Crippen molar-refractivity contribution in [2.24, 2.45) is 0 Å². The van der Waals surface area contributed by atoms with Crippen LogP contribution in [-0.4, -0.2) is 54.8 Å². The van der Waals surface area contributed by atoms with Crippen LogP contribution < -0.4 is 5.32 Å². The van der Waals surface area contributed by atoms with E-state index in [2.05, 4.69) is 12.2 Å². The maximum absolute atomic E-state index is 12.1. The van der Waals surface area contributed by atoms with Crippen LogP contribution >= 0.6 is 0 Å². The lowest BCUT2D eigenvalue weighted by Crippen LogP contribution is -2.48. The zero-order chi connectivity index (χ0) is 15.4. The molecule has 114 valence electrons. The average molecular weight is 289 g/mol. The van der Waals surface area contributed by atoms with Crippen molar-refractivity contribution in [3.8, 4) is 0 Å². The van der Waals surface area contributed by atoms with E-state index in [4.69, 9.17) is 0 Å². The van der Waals surface area contributed by atoms with Crippen LogP contribution in [0.15, 0.2) is 24.3 Å². The Morgan fingerprint density at radius 2 is 2.00 bits per heavy atom. The number of carbonyl (C=O) groups is 2. The van der Waals surface area contributed by atoms with Gasteiger partial charge in [0.25, 0.3) is 5.91 Å². The van der Waals surface area contributed by atoms with Crippen molar-refractivity contribution in [1.82, 2.24) is 15.1 Å². The van der Waals surface area contributed by atoms with Crippen molar-refractivity contribution in [3.63, 3.8) is 0 Å². The van der Waals surface area contributed by atoms with E-state index in [-0.39, 0.29) is 17.9 Å². The number of rotatable bonds is 1. The smallest absolute Gasteiger partial charge is 0.254 e. The van der Waals surface area contributed by atoms with Gasteiger partial charge in [0, 0.05) is 32.1 Å². The molecule has 0 saturated carbocycles. The molecule has 2 amide bonds. The summed E-state index contributed by atoms with van der Waals surface area (Å²) in [4.78, 5) is 27.2. The minimum atomic E-state index is 0.0522. The fourth-order valence-corrected chi connectivity index (χ4v) is 2.72. The second kappa shape index (κ2) is 6.72. The van der Waals surface area contributed by atoms with Gasteiger partial charge in [-0.05, 0) is 25.2 Å². The Hall–Kier alpha value is -1.88. The number of hydrogen-bond acceptors (Lipinski definition) is 3. The molecular weight excluding hydrogens is 266 g/mol. The van der Waals surface area contributed by atoms with E-state index in [1.807, 2.05) is 41.1 Å². The number of carbonyl (C=O) groups excluding carboxylic acids is 2. The number of fused-ring (bicyclic) bond motifs is 3. The molecule has 1 atom stereocenters. The Morgan fingerprint density at radius 1 is 1.33 bits per heavy atom. The maximum atomic E-state index is 12.1. The van der Waals surface area contributed by atoms with Gasteiger partial charge in [-0.15, -0.1) is 0 Å². The molecule has 1 N–H and O–H groups in total. The summed E-state index contributed by atoms with van der Waals surface area (Å²) in [5.41, 5.74) is 1.85. The zero-order valence-corrected chi connectivity index (χ0v) is 12.9. The Kier molecular flexibility index (Phi) is 4.96. The highest BCUT2D eigenvalue weighted by Gasteiger charge is 2.40. The highest BCUT2D eigenvalue weighted by Crippen LogP contribution is 2.35. The van der Waals surface area contributed by atoms with Gasteiger partial charge < -0.3 is 15.1 Å². The fourth-order valence-electron chi connectivity index (χ4n) is 2.72. The summed E-state index contributed by atoms with van der Waals surface area (Å²) in [7, 11) is 1.93. The van der Waals surface area contributed by atoms with E-state index in [9.17, 15) is 9.59 Å². The van der Waals surface area contributed by atoms with Crippen LogP contribution in [0.2, 0.25) is 0 Å². The number of benzene rings is 1. The van der Waals surface area contributed by atoms with Gasteiger partial charge in [0.1, 0.15) is 0 Å². The standard InChI is InChI=1S/C13H14N2O2.C3H9N/c1-9(16)14-6-7-15-12(8-14)10-4-2-3-5-11(10)13(15)17;1-3-4-2/h2-5,12H,6-8H2,1H3;4H,3H2,1-2H3. The topological polar surface area (TPSA) is 52.7 Å². The molecule has 0 aliphatic carbocycles. The molecule has 3 rings (SSSR count). The first-order valence-electron chi connectivity index (χ1n) is 7.40. The Bertz CT molecular complexity index is 528. The second-order valence-electron chi connectivity index (χ2n) is 5.27. The van der Waals surface area contributed by atoms with Gasteiger partial charge in [-0.1, -0.05) is 25.1 Å². The van der Waals surface area contributed by atoms with Crippen LogP contribution in [0, 0.1) is 0 Å². The third-order valence-electron chi connectivity index (χ3n) is 3.99. The summed E-state index contributed by atoms with van der Waals surface area (Å²) in [6.45, 7) is 6.62. The van der Waals surface area contributed by atoms with Crippen molar-refractivity contribution in [2.45, 2.75) is 19.9 Å². The van der Waals surface area contributed by atoms with Crippen molar-refractivity contribution in [3.05, 3.63) is 35.4 Å². The zero-order valence-electron chi connectivity index (χ0n) is 12.9. The van der Waals surface area contributed by atoms with Crippen molar-refractivity contribution < 1.29 is 9.59 Å². The highest BCUT2D eigenvalue weighted by atomic mass is 16.2. The maximum Gasteiger partial charge on any atom is 0.254 e. The summed E-state index contributed by atoms with van der Waals surface area (Å²) in [5.74, 6) is 0.190. The number of nitrogens with zero attached hydrogens (tertiary/aromatic N) is 2. The average Bonchev–Trinajstić information content (AvgIpc) is 2.81. The lowest BCUT2D eigenvalue weighted by Gasteiger charge is -2.37. The molecule has 0 radical (unpaired) electrons. The number of piperazine rings is 1. The minimum absolute atomic E-state index is 0.0522. The van der Waals surface area contributed by atoms with Gasteiger partial charge in [-0.25, -0.2) is 0 Å². The molecule has 1 fully saturated rings. The van der Waals surface area contributed by atoms with Crippen molar-refractivity contribution >= 4 is 11.8 Å². The lowest BCUT2D eigenvalue weighted by molar-refractivity contribution is -0.131. The molecule has 5 nitrogen and oxygen atoms in total. The number of amides is 2. The van der Waals surface area contributed by atoms with Crippen LogP contribution in [0.5, 0.6) is 0 Å². The molecule has 0 spiro atoms. The van der Waals surface area contributed by atoms with Gasteiger partial charge in [-0.3, -0.25) is 9.59 Å². The quantitative estimate of drug-likeness (QED) is 0.847. The van der Waals surface area contributed by atoms with E-state index < -0.39 is 0 Å². The van der Waals surface area contributed by atoms with E-state index in [0.29, 0.717) is 19.6 Å². The molecule has 1 saturated heterocycles.